The molecule has 0 radical (unpaired) electrons. The smallest absolute Gasteiger partial charge is 0.326 e. The van der Waals surface area contributed by atoms with Crippen molar-refractivity contribution in [3.05, 3.63) is 58.6 Å². The number of carboxylic acid groups (broad SMARTS) is 1. The van der Waals surface area contributed by atoms with Crippen LogP contribution in [-0.2, 0) is 4.79 Å². The van der Waals surface area contributed by atoms with Crippen LogP contribution >= 0.6 is 23.2 Å². The number of carbonyl (C=O) groups excluding carboxylic acids is 2. The zero-order valence-electron chi connectivity index (χ0n) is 15.2. The number of urea groups is 2. The lowest BCUT2D eigenvalue weighted by atomic mass is 10.1. The average Bonchev–Trinajstić information content (AvgIpc) is 2.64. The van der Waals surface area contributed by atoms with Crippen molar-refractivity contribution in [3.8, 4) is 0 Å². The predicted octanol–water partition coefficient (Wildman–Crippen LogP) is 4.17. The molecule has 4 amide bonds. The quantitative estimate of drug-likeness (QED) is 0.397. The Morgan fingerprint density at radius 3 is 1.97 bits per heavy atom. The van der Waals surface area contributed by atoms with Crippen LogP contribution in [0.4, 0.5) is 21.0 Å². The van der Waals surface area contributed by atoms with Gasteiger partial charge in [-0.25, -0.2) is 14.4 Å². The molecule has 1 atom stereocenters. The lowest BCUT2D eigenvalue weighted by Crippen LogP contribution is -2.43. The summed E-state index contributed by atoms with van der Waals surface area (Å²) in [5.74, 6) is -1.17. The lowest BCUT2D eigenvalue weighted by Gasteiger charge is -2.15. The summed E-state index contributed by atoms with van der Waals surface area (Å²) in [4.78, 5) is 35.2. The van der Waals surface area contributed by atoms with Crippen LogP contribution in [0, 0.1) is 0 Å². The molecule has 2 aromatic carbocycles. The molecule has 8 nitrogen and oxygen atoms in total. The first-order valence-electron chi connectivity index (χ1n) is 8.70. The van der Waals surface area contributed by atoms with E-state index in [1.807, 2.05) is 0 Å². The van der Waals surface area contributed by atoms with Crippen LogP contribution in [0.3, 0.4) is 0 Å². The summed E-state index contributed by atoms with van der Waals surface area (Å²) >= 11 is 11.7. The van der Waals surface area contributed by atoms with Crippen molar-refractivity contribution in [1.29, 1.82) is 0 Å². The van der Waals surface area contributed by atoms with Crippen LogP contribution in [0.5, 0.6) is 0 Å². The molecule has 0 aliphatic carbocycles. The van der Waals surface area contributed by atoms with E-state index < -0.39 is 24.1 Å². The molecule has 2 aromatic rings. The van der Waals surface area contributed by atoms with E-state index >= 15 is 0 Å². The maximum Gasteiger partial charge on any atom is 0.326 e. The van der Waals surface area contributed by atoms with E-state index in [1.54, 1.807) is 48.5 Å². The summed E-state index contributed by atoms with van der Waals surface area (Å²) in [5.41, 5.74) is 0.983. The molecule has 0 aliphatic heterocycles. The second-order valence-electron chi connectivity index (χ2n) is 6.03. The number of hydrogen-bond acceptors (Lipinski definition) is 3. The minimum absolute atomic E-state index is 0.135. The highest BCUT2D eigenvalue weighted by Gasteiger charge is 2.19. The Balaban J connectivity index is 1.73. The van der Waals surface area contributed by atoms with Crippen LogP contribution in [0.2, 0.25) is 10.0 Å². The molecule has 0 aromatic heterocycles. The lowest BCUT2D eigenvalue weighted by molar-refractivity contribution is -0.139. The highest BCUT2D eigenvalue weighted by atomic mass is 35.5. The number of carboxylic acids is 1. The number of nitrogens with one attached hydrogen (secondary N) is 4. The molecule has 0 saturated carbocycles. The third kappa shape index (κ3) is 8.28. The van der Waals surface area contributed by atoms with Crippen LogP contribution in [0.1, 0.15) is 12.8 Å². The fourth-order valence-corrected chi connectivity index (χ4v) is 2.78. The number of benzene rings is 2. The monoisotopic (exact) mass is 438 g/mol. The Bertz CT molecular complexity index is 879. The van der Waals surface area contributed by atoms with E-state index in [0.717, 1.165) is 0 Å². The highest BCUT2D eigenvalue weighted by Crippen LogP contribution is 2.15. The maximum atomic E-state index is 12.0. The molecule has 0 spiro atoms. The molecular weight excluding hydrogens is 419 g/mol. The van der Waals surface area contributed by atoms with Gasteiger partial charge in [0.25, 0.3) is 0 Å². The summed E-state index contributed by atoms with van der Waals surface area (Å²) in [7, 11) is 0. The van der Waals surface area contributed by atoms with Gasteiger partial charge < -0.3 is 26.4 Å². The standard InChI is InChI=1S/C19H20Cl2N4O4/c20-12-4-1-6-14(10-12)23-18(28)22-9-3-8-16(17(26)27)25-19(29)24-15-7-2-5-13(21)11-15/h1-2,4-7,10-11,16H,3,8-9H2,(H,26,27)(H2,22,23,28)(H2,24,25,29)/t16-/m1/s1. The molecule has 0 unspecified atom stereocenters. The summed E-state index contributed by atoms with van der Waals surface area (Å²) in [6.07, 6.45) is 0.479. The van der Waals surface area contributed by atoms with Crippen LogP contribution in [0.15, 0.2) is 48.5 Å². The van der Waals surface area contributed by atoms with Crippen molar-refractivity contribution < 1.29 is 19.5 Å². The highest BCUT2D eigenvalue weighted by molar-refractivity contribution is 6.31. The van der Waals surface area contributed by atoms with Gasteiger partial charge in [0, 0.05) is 28.0 Å². The summed E-state index contributed by atoms with van der Waals surface area (Å²) < 4.78 is 0. The topological polar surface area (TPSA) is 120 Å². The number of amides is 4. The van der Waals surface area contributed by atoms with Gasteiger partial charge in [0.05, 0.1) is 0 Å². The van der Waals surface area contributed by atoms with E-state index in [2.05, 4.69) is 21.3 Å². The Labute approximate surface area is 177 Å². The molecule has 5 N–H and O–H groups in total. The normalized spacial score (nSPS) is 11.2. The van der Waals surface area contributed by atoms with Crippen LogP contribution in [0.25, 0.3) is 0 Å². The first-order valence-corrected chi connectivity index (χ1v) is 9.45. The fourth-order valence-electron chi connectivity index (χ4n) is 2.40. The van der Waals surface area contributed by atoms with Gasteiger partial charge in [-0.2, -0.15) is 0 Å². The van der Waals surface area contributed by atoms with Crippen molar-refractivity contribution in [2.45, 2.75) is 18.9 Å². The van der Waals surface area contributed by atoms with Crippen LogP contribution < -0.4 is 21.3 Å². The Kier molecular flexibility index (Phi) is 8.57. The van der Waals surface area contributed by atoms with Crippen molar-refractivity contribution in [3.63, 3.8) is 0 Å². The summed E-state index contributed by atoms with van der Waals surface area (Å²) in [6.45, 7) is 0.230. The molecule has 29 heavy (non-hydrogen) atoms. The van der Waals surface area contributed by atoms with E-state index in [4.69, 9.17) is 23.2 Å². The zero-order valence-corrected chi connectivity index (χ0v) is 16.8. The average molecular weight is 439 g/mol. The van der Waals surface area contributed by atoms with Gasteiger partial charge in [-0.15, -0.1) is 0 Å². The third-order valence-corrected chi connectivity index (χ3v) is 4.19. The molecule has 0 aliphatic rings. The number of anilines is 2. The number of aliphatic carboxylic acids is 1. The van der Waals surface area contributed by atoms with Crippen molar-refractivity contribution in [2.24, 2.45) is 0 Å². The molecule has 0 bridgehead atoms. The Morgan fingerprint density at radius 2 is 1.45 bits per heavy atom. The van der Waals surface area contributed by atoms with E-state index in [1.165, 1.54) is 0 Å². The Hall–Kier alpha value is -2.97. The first kappa shape index (κ1) is 22.3. The number of rotatable bonds is 8. The van der Waals surface area contributed by atoms with Gasteiger partial charge in [-0.3, -0.25) is 0 Å². The van der Waals surface area contributed by atoms with Gasteiger partial charge in [0.2, 0.25) is 0 Å². The molecular formula is C19H20Cl2N4O4. The number of carbonyl (C=O) groups is 3. The van der Waals surface area contributed by atoms with Gasteiger partial charge in [0.1, 0.15) is 6.04 Å². The number of halogens is 2. The van der Waals surface area contributed by atoms with Crippen molar-refractivity contribution in [2.75, 3.05) is 17.2 Å². The van der Waals surface area contributed by atoms with E-state index in [0.29, 0.717) is 27.8 Å². The second kappa shape index (κ2) is 11.1. The van der Waals surface area contributed by atoms with E-state index in [-0.39, 0.29) is 13.0 Å². The largest absolute Gasteiger partial charge is 0.480 e. The maximum absolute atomic E-state index is 12.0. The minimum Gasteiger partial charge on any atom is -0.480 e. The van der Waals surface area contributed by atoms with Crippen LogP contribution in [-0.4, -0.2) is 35.7 Å². The first-order chi connectivity index (χ1) is 13.8. The Morgan fingerprint density at radius 1 is 0.897 bits per heavy atom. The van der Waals surface area contributed by atoms with Crippen molar-refractivity contribution in [1.82, 2.24) is 10.6 Å². The van der Waals surface area contributed by atoms with Gasteiger partial charge in [-0.1, -0.05) is 35.3 Å². The van der Waals surface area contributed by atoms with Gasteiger partial charge in [-0.05, 0) is 49.2 Å². The molecule has 154 valence electrons. The van der Waals surface area contributed by atoms with Gasteiger partial charge >= 0.3 is 18.0 Å². The second-order valence-corrected chi connectivity index (χ2v) is 6.91. The summed E-state index contributed by atoms with van der Waals surface area (Å²) in [6, 6.07) is 11.0. The van der Waals surface area contributed by atoms with Gasteiger partial charge in [0.15, 0.2) is 0 Å². The fraction of sp³-hybridized carbons (Fsp3) is 0.211. The third-order valence-electron chi connectivity index (χ3n) is 3.72. The number of hydrogen-bond donors (Lipinski definition) is 5. The molecule has 0 heterocycles. The minimum atomic E-state index is -1.17. The molecule has 2 rings (SSSR count). The summed E-state index contributed by atoms with van der Waals surface area (Å²) in [5, 5.41) is 20.4. The molecule has 0 fully saturated rings. The molecule has 0 saturated heterocycles. The predicted molar refractivity (Wildman–Crippen MR) is 113 cm³/mol. The van der Waals surface area contributed by atoms with Crippen molar-refractivity contribution >= 4 is 52.6 Å². The molecule has 10 heteroatoms. The zero-order chi connectivity index (χ0) is 21.2. The SMILES string of the molecule is O=C(NCCC[C@@H](NC(=O)Nc1cccc(Cl)c1)C(=O)O)Nc1cccc(Cl)c1. The van der Waals surface area contributed by atoms with E-state index in [9.17, 15) is 19.5 Å².